The zero-order valence-electron chi connectivity index (χ0n) is 12.2. The number of aromatic carboxylic acids is 1. The van der Waals surface area contributed by atoms with Crippen LogP contribution in [0.5, 0.6) is 0 Å². The maximum atomic E-state index is 11.0. The van der Waals surface area contributed by atoms with Crippen LogP contribution in [0.4, 0.5) is 5.69 Å². The van der Waals surface area contributed by atoms with Gasteiger partial charge in [-0.2, -0.15) is 0 Å². The molecule has 0 aliphatic rings. The summed E-state index contributed by atoms with van der Waals surface area (Å²) in [5.41, 5.74) is 1.09. The minimum atomic E-state index is -0.935. The first-order valence-corrected chi connectivity index (χ1v) is 6.64. The van der Waals surface area contributed by atoms with Gasteiger partial charge in [0.05, 0.1) is 11.3 Å². The molecule has 0 amide bonds. The van der Waals surface area contributed by atoms with E-state index in [9.17, 15) is 4.79 Å². The van der Waals surface area contributed by atoms with Gasteiger partial charge in [0.15, 0.2) is 0 Å². The van der Waals surface area contributed by atoms with Crippen molar-refractivity contribution in [1.82, 2.24) is 0 Å². The van der Waals surface area contributed by atoms with Crippen LogP contribution in [0.3, 0.4) is 0 Å². The number of benzene rings is 1. The van der Waals surface area contributed by atoms with Crippen molar-refractivity contribution < 1.29 is 9.90 Å². The third kappa shape index (κ3) is 5.69. The molecule has 19 heavy (non-hydrogen) atoms. The summed E-state index contributed by atoms with van der Waals surface area (Å²) in [7, 11) is 0. The van der Waals surface area contributed by atoms with Gasteiger partial charge in [-0.3, -0.25) is 4.99 Å². The number of para-hydroxylation sites is 1. The van der Waals surface area contributed by atoms with Crippen molar-refractivity contribution in [2.24, 2.45) is 16.3 Å². The van der Waals surface area contributed by atoms with Crippen LogP contribution in [0, 0.1) is 11.3 Å². The number of nitrogens with zero attached hydrogens (tertiary/aromatic N) is 1. The van der Waals surface area contributed by atoms with Crippen LogP contribution in [-0.4, -0.2) is 17.3 Å². The number of carboxylic acids is 1. The van der Waals surface area contributed by atoms with E-state index in [1.165, 1.54) is 0 Å². The first-order valence-electron chi connectivity index (χ1n) is 6.64. The quantitative estimate of drug-likeness (QED) is 0.790. The molecule has 104 valence electrons. The Morgan fingerprint density at radius 3 is 2.58 bits per heavy atom. The second-order valence-electron chi connectivity index (χ2n) is 6.24. The maximum Gasteiger partial charge on any atom is 0.337 e. The topological polar surface area (TPSA) is 49.7 Å². The van der Waals surface area contributed by atoms with Crippen LogP contribution in [0.15, 0.2) is 29.3 Å². The number of hydrogen-bond donors (Lipinski definition) is 1. The Morgan fingerprint density at radius 1 is 1.37 bits per heavy atom. The Bertz CT molecular complexity index is 458. The van der Waals surface area contributed by atoms with Gasteiger partial charge < -0.3 is 5.11 Å². The zero-order valence-corrected chi connectivity index (χ0v) is 12.2. The number of hydrogen-bond acceptors (Lipinski definition) is 2. The average Bonchev–Trinajstić information content (AvgIpc) is 2.27. The lowest BCUT2D eigenvalue weighted by atomic mass is 9.84. The molecule has 0 bridgehead atoms. The molecule has 0 spiro atoms. The van der Waals surface area contributed by atoms with Gasteiger partial charge in [0.1, 0.15) is 0 Å². The molecular weight excluding hydrogens is 238 g/mol. The second-order valence-corrected chi connectivity index (χ2v) is 6.24. The van der Waals surface area contributed by atoms with Crippen molar-refractivity contribution in [3.05, 3.63) is 29.8 Å². The fraction of sp³-hybridized carbons (Fsp3) is 0.500. The largest absolute Gasteiger partial charge is 0.478 e. The van der Waals surface area contributed by atoms with Crippen LogP contribution in [-0.2, 0) is 0 Å². The number of rotatable bonds is 5. The third-order valence-electron chi connectivity index (χ3n) is 2.83. The smallest absolute Gasteiger partial charge is 0.337 e. The lowest BCUT2D eigenvalue weighted by molar-refractivity contribution is 0.0698. The monoisotopic (exact) mass is 261 g/mol. The Labute approximate surface area is 115 Å². The predicted octanol–water partition coefficient (Wildman–Crippen LogP) is 4.55. The van der Waals surface area contributed by atoms with Crippen molar-refractivity contribution in [3.63, 3.8) is 0 Å². The van der Waals surface area contributed by atoms with Crippen LogP contribution >= 0.6 is 0 Å². The summed E-state index contributed by atoms with van der Waals surface area (Å²) in [6, 6.07) is 6.82. The van der Waals surface area contributed by atoms with E-state index < -0.39 is 5.97 Å². The fourth-order valence-corrected chi connectivity index (χ4v) is 2.23. The molecule has 0 aliphatic carbocycles. The van der Waals surface area contributed by atoms with E-state index in [4.69, 9.17) is 5.11 Å². The van der Waals surface area contributed by atoms with Gasteiger partial charge in [-0.1, -0.05) is 39.8 Å². The molecule has 1 rings (SSSR count). The minimum Gasteiger partial charge on any atom is -0.478 e. The van der Waals surface area contributed by atoms with Gasteiger partial charge in [0, 0.05) is 6.21 Å². The SMILES string of the molecule is CC(CC=Nc1ccccc1C(=O)O)CC(C)(C)C. The highest BCUT2D eigenvalue weighted by atomic mass is 16.4. The normalized spacial score (nSPS) is 13.7. The molecule has 1 aromatic rings. The van der Waals surface area contributed by atoms with E-state index in [2.05, 4.69) is 32.7 Å². The molecule has 0 fully saturated rings. The highest BCUT2D eigenvalue weighted by Gasteiger charge is 2.14. The molecule has 0 saturated carbocycles. The summed E-state index contributed by atoms with van der Waals surface area (Å²) in [5, 5.41) is 9.05. The summed E-state index contributed by atoms with van der Waals surface area (Å²) < 4.78 is 0. The molecule has 1 unspecified atom stereocenters. The van der Waals surface area contributed by atoms with E-state index in [-0.39, 0.29) is 5.56 Å². The van der Waals surface area contributed by atoms with Crippen molar-refractivity contribution in [2.75, 3.05) is 0 Å². The molecule has 0 heterocycles. The Kier molecular flexibility index (Phi) is 5.28. The first-order chi connectivity index (χ1) is 8.79. The van der Waals surface area contributed by atoms with Crippen LogP contribution in [0.1, 0.15) is 50.9 Å². The Hall–Kier alpha value is -1.64. The van der Waals surface area contributed by atoms with Gasteiger partial charge in [0.25, 0.3) is 0 Å². The lowest BCUT2D eigenvalue weighted by Crippen LogP contribution is -2.11. The molecule has 0 radical (unpaired) electrons. The molecule has 1 atom stereocenters. The minimum absolute atomic E-state index is 0.252. The summed E-state index contributed by atoms with van der Waals surface area (Å²) >= 11 is 0. The maximum absolute atomic E-state index is 11.0. The van der Waals surface area contributed by atoms with E-state index in [0.29, 0.717) is 17.0 Å². The molecule has 0 saturated heterocycles. The first kappa shape index (κ1) is 15.4. The van der Waals surface area contributed by atoms with Gasteiger partial charge >= 0.3 is 5.97 Å². The fourth-order valence-electron chi connectivity index (χ4n) is 2.23. The van der Waals surface area contributed by atoms with Crippen molar-refractivity contribution in [3.8, 4) is 0 Å². The number of carbonyl (C=O) groups is 1. The molecule has 3 nitrogen and oxygen atoms in total. The summed E-state index contributed by atoms with van der Waals surface area (Å²) in [6.07, 6.45) is 3.82. The number of aliphatic imine (C=N–C) groups is 1. The summed E-state index contributed by atoms with van der Waals surface area (Å²) in [5.74, 6) is -0.392. The van der Waals surface area contributed by atoms with Gasteiger partial charge in [-0.15, -0.1) is 0 Å². The van der Waals surface area contributed by atoms with Crippen LogP contribution < -0.4 is 0 Å². The standard InChI is InChI=1S/C16H23NO2/c1-12(11-16(2,3)4)9-10-17-14-8-6-5-7-13(14)15(18)19/h5-8,10,12H,9,11H2,1-4H3,(H,18,19). The van der Waals surface area contributed by atoms with Gasteiger partial charge in [0.2, 0.25) is 0 Å². The molecule has 1 aromatic carbocycles. The van der Waals surface area contributed by atoms with Crippen LogP contribution in [0.2, 0.25) is 0 Å². The van der Waals surface area contributed by atoms with Crippen molar-refractivity contribution in [2.45, 2.75) is 40.5 Å². The molecule has 3 heteroatoms. The molecule has 0 aromatic heterocycles. The number of carboxylic acid groups (broad SMARTS) is 1. The van der Waals surface area contributed by atoms with Gasteiger partial charge in [-0.05, 0) is 36.3 Å². The van der Waals surface area contributed by atoms with E-state index in [1.807, 2.05) is 6.21 Å². The Balaban J connectivity index is 2.65. The Morgan fingerprint density at radius 2 is 2.00 bits per heavy atom. The van der Waals surface area contributed by atoms with E-state index >= 15 is 0 Å². The van der Waals surface area contributed by atoms with Crippen molar-refractivity contribution >= 4 is 17.9 Å². The summed E-state index contributed by atoms with van der Waals surface area (Å²) in [6.45, 7) is 8.86. The van der Waals surface area contributed by atoms with E-state index in [1.54, 1.807) is 24.3 Å². The molecule has 1 N–H and O–H groups in total. The highest BCUT2D eigenvalue weighted by Crippen LogP contribution is 2.25. The van der Waals surface area contributed by atoms with Crippen LogP contribution in [0.25, 0.3) is 0 Å². The molecular formula is C16H23NO2. The van der Waals surface area contributed by atoms with E-state index in [0.717, 1.165) is 12.8 Å². The average molecular weight is 261 g/mol. The second kappa shape index (κ2) is 6.50. The third-order valence-corrected chi connectivity index (χ3v) is 2.83. The predicted molar refractivity (Wildman–Crippen MR) is 79.4 cm³/mol. The van der Waals surface area contributed by atoms with Gasteiger partial charge in [-0.25, -0.2) is 4.79 Å². The summed E-state index contributed by atoms with van der Waals surface area (Å²) in [4.78, 5) is 15.3. The lowest BCUT2D eigenvalue weighted by Gasteiger charge is -2.22. The highest BCUT2D eigenvalue weighted by molar-refractivity contribution is 5.94. The zero-order chi connectivity index (χ0) is 14.5. The molecule has 0 aliphatic heterocycles. The van der Waals surface area contributed by atoms with Crippen molar-refractivity contribution in [1.29, 1.82) is 0 Å².